The van der Waals surface area contributed by atoms with E-state index in [-0.39, 0.29) is 13.2 Å². The number of aromatic nitrogens is 2. The van der Waals surface area contributed by atoms with Gasteiger partial charge in [-0.3, -0.25) is 9.69 Å². The molecule has 1 aromatic heterocycles. The monoisotopic (exact) mass is 407 g/mol. The van der Waals surface area contributed by atoms with Crippen LogP contribution in [-0.4, -0.2) is 71.4 Å². The number of amides is 1. The van der Waals surface area contributed by atoms with Gasteiger partial charge in [0.2, 0.25) is 0 Å². The Labute approximate surface area is 169 Å². The molecule has 9 heteroatoms. The lowest BCUT2D eigenvalue weighted by Gasteiger charge is -2.36. The molecule has 8 nitrogen and oxygen atoms in total. The number of aliphatic hydroxyl groups excluding tert-OH is 1. The second-order valence-electron chi connectivity index (χ2n) is 6.74. The van der Waals surface area contributed by atoms with Gasteiger partial charge in [-0.2, -0.15) is 0 Å². The van der Waals surface area contributed by atoms with Gasteiger partial charge in [0.05, 0.1) is 17.3 Å². The number of hydrogen-bond donors (Lipinski definition) is 2. The normalized spacial score (nSPS) is 15.0. The maximum Gasteiger partial charge on any atom is 0.268 e. The Morgan fingerprint density at radius 2 is 2.04 bits per heavy atom. The van der Waals surface area contributed by atoms with E-state index >= 15 is 0 Å². The van der Waals surface area contributed by atoms with Crippen LogP contribution in [0.5, 0.6) is 5.75 Å². The van der Waals surface area contributed by atoms with Gasteiger partial charge in [0, 0.05) is 51.5 Å². The van der Waals surface area contributed by atoms with Crippen LogP contribution in [0, 0.1) is 6.92 Å². The Bertz CT molecular complexity index is 818. The summed E-state index contributed by atoms with van der Waals surface area (Å²) in [5.74, 6) is 0.954. The minimum atomic E-state index is -0.500. The van der Waals surface area contributed by atoms with Crippen molar-refractivity contribution in [1.82, 2.24) is 14.5 Å². The average molecular weight is 408 g/mol. The van der Waals surface area contributed by atoms with E-state index in [1.54, 1.807) is 12.3 Å². The molecule has 3 rings (SSSR count). The second-order valence-corrected chi connectivity index (χ2v) is 7.15. The summed E-state index contributed by atoms with van der Waals surface area (Å²) in [6.07, 6.45) is 1.72. The third-order valence-corrected chi connectivity index (χ3v) is 5.18. The van der Waals surface area contributed by atoms with Crippen molar-refractivity contribution in [3.8, 4) is 5.75 Å². The van der Waals surface area contributed by atoms with Crippen LogP contribution in [0.2, 0.25) is 5.02 Å². The zero-order valence-corrected chi connectivity index (χ0v) is 16.7. The summed E-state index contributed by atoms with van der Waals surface area (Å²) in [6.45, 7) is 7.37. The first kappa shape index (κ1) is 20.4. The van der Waals surface area contributed by atoms with Crippen molar-refractivity contribution < 1.29 is 14.6 Å². The van der Waals surface area contributed by atoms with Gasteiger partial charge in [0.1, 0.15) is 23.9 Å². The SMILES string of the molecule is Cc1nc(C(N)=O)cn1CCN1CCN(c2ccc(OCCO)cc2Cl)CC1. The van der Waals surface area contributed by atoms with E-state index in [0.717, 1.165) is 50.8 Å². The van der Waals surface area contributed by atoms with Crippen LogP contribution in [0.4, 0.5) is 5.69 Å². The fourth-order valence-electron chi connectivity index (χ4n) is 3.31. The number of carbonyl (C=O) groups is 1. The molecule has 1 amide bonds. The lowest BCUT2D eigenvalue weighted by Crippen LogP contribution is -2.47. The predicted octanol–water partition coefficient (Wildman–Crippen LogP) is 1.14. The highest BCUT2D eigenvalue weighted by Gasteiger charge is 2.19. The molecule has 2 heterocycles. The maximum atomic E-state index is 11.2. The summed E-state index contributed by atoms with van der Waals surface area (Å²) in [4.78, 5) is 20.1. The summed E-state index contributed by atoms with van der Waals surface area (Å²) < 4.78 is 7.36. The van der Waals surface area contributed by atoms with Crippen molar-refractivity contribution in [2.75, 3.05) is 50.8 Å². The molecule has 1 fully saturated rings. The molecule has 1 aliphatic rings. The molecule has 1 aliphatic heterocycles. The maximum absolute atomic E-state index is 11.2. The molecule has 0 saturated carbocycles. The highest BCUT2D eigenvalue weighted by atomic mass is 35.5. The molecule has 2 aromatic rings. The topological polar surface area (TPSA) is 96.8 Å². The van der Waals surface area contributed by atoms with Crippen molar-refractivity contribution >= 4 is 23.2 Å². The number of rotatable bonds is 8. The first-order valence-electron chi connectivity index (χ1n) is 9.32. The summed E-state index contributed by atoms with van der Waals surface area (Å²) >= 11 is 6.42. The molecular formula is C19H26ClN5O3. The number of anilines is 1. The van der Waals surface area contributed by atoms with Gasteiger partial charge in [-0.05, 0) is 19.1 Å². The number of benzene rings is 1. The Kier molecular flexibility index (Phi) is 6.77. The number of nitrogens with zero attached hydrogens (tertiary/aromatic N) is 4. The fourth-order valence-corrected chi connectivity index (χ4v) is 3.60. The van der Waals surface area contributed by atoms with Gasteiger partial charge in [-0.15, -0.1) is 0 Å². The van der Waals surface area contributed by atoms with E-state index in [2.05, 4.69) is 14.8 Å². The average Bonchev–Trinajstić information content (AvgIpc) is 3.06. The van der Waals surface area contributed by atoms with Crippen LogP contribution >= 0.6 is 11.6 Å². The van der Waals surface area contributed by atoms with E-state index in [4.69, 9.17) is 27.2 Å². The van der Waals surface area contributed by atoms with Crippen molar-refractivity contribution in [1.29, 1.82) is 0 Å². The van der Waals surface area contributed by atoms with Crippen LogP contribution < -0.4 is 15.4 Å². The summed E-state index contributed by atoms with van der Waals surface area (Å²) in [7, 11) is 0. The van der Waals surface area contributed by atoms with Crippen LogP contribution in [0.25, 0.3) is 0 Å². The molecule has 0 radical (unpaired) electrons. The fraction of sp³-hybridized carbons (Fsp3) is 0.474. The van der Waals surface area contributed by atoms with Crippen LogP contribution in [0.1, 0.15) is 16.3 Å². The van der Waals surface area contributed by atoms with Crippen LogP contribution in [0.15, 0.2) is 24.4 Å². The number of hydrogen-bond acceptors (Lipinski definition) is 6. The highest BCUT2D eigenvalue weighted by molar-refractivity contribution is 6.33. The zero-order valence-electron chi connectivity index (χ0n) is 16.0. The van der Waals surface area contributed by atoms with E-state index < -0.39 is 5.91 Å². The van der Waals surface area contributed by atoms with E-state index in [9.17, 15) is 4.79 Å². The Morgan fingerprint density at radius 1 is 1.29 bits per heavy atom. The molecule has 0 unspecified atom stereocenters. The van der Waals surface area contributed by atoms with Crippen molar-refractivity contribution in [2.45, 2.75) is 13.5 Å². The van der Waals surface area contributed by atoms with Gasteiger partial charge >= 0.3 is 0 Å². The molecule has 0 bridgehead atoms. The molecule has 0 spiro atoms. The Morgan fingerprint density at radius 3 is 2.64 bits per heavy atom. The number of ether oxygens (including phenoxy) is 1. The summed E-state index contributed by atoms with van der Waals surface area (Å²) in [6, 6.07) is 5.63. The van der Waals surface area contributed by atoms with E-state index in [0.29, 0.717) is 16.5 Å². The number of halogens is 1. The molecule has 1 saturated heterocycles. The van der Waals surface area contributed by atoms with Gasteiger partial charge in [0.25, 0.3) is 5.91 Å². The van der Waals surface area contributed by atoms with Crippen molar-refractivity contribution in [3.05, 3.63) is 40.9 Å². The van der Waals surface area contributed by atoms with Gasteiger partial charge in [0.15, 0.2) is 0 Å². The van der Waals surface area contributed by atoms with E-state index in [1.807, 2.05) is 23.6 Å². The second kappa shape index (κ2) is 9.27. The van der Waals surface area contributed by atoms with Crippen molar-refractivity contribution in [3.63, 3.8) is 0 Å². The van der Waals surface area contributed by atoms with Gasteiger partial charge < -0.3 is 25.0 Å². The quantitative estimate of drug-likeness (QED) is 0.681. The molecule has 0 atom stereocenters. The third kappa shape index (κ3) is 4.95. The number of piperazine rings is 1. The van der Waals surface area contributed by atoms with Crippen molar-refractivity contribution in [2.24, 2.45) is 5.73 Å². The number of primary amides is 1. The number of aliphatic hydroxyl groups is 1. The summed E-state index contributed by atoms with van der Waals surface area (Å²) in [5, 5.41) is 9.49. The first-order chi connectivity index (χ1) is 13.5. The number of imidazole rings is 1. The minimum Gasteiger partial charge on any atom is -0.491 e. The van der Waals surface area contributed by atoms with Crippen LogP contribution in [0.3, 0.4) is 0 Å². The molecule has 3 N–H and O–H groups in total. The zero-order chi connectivity index (χ0) is 20.1. The summed E-state index contributed by atoms with van der Waals surface area (Å²) in [5.41, 5.74) is 6.59. The number of carbonyl (C=O) groups excluding carboxylic acids is 1. The highest BCUT2D eigenvalue weighted by Crippen LogP contribution is 2.30. The smallest absolute Gasteiger partial charge is 0.268 e. The molecule has 0 aliphatic carbocycles. The first-order valence-corrected chi connectivity index (χ1v) is 9.70. The predicted molar refractivity (Wildman–Crippen MR) is 108 cm³/mol. The van der Waals surface area contributed by atoms with Gasteiger partial charge in [-0.25, -0.2) is 4.98 Å². The van der Waals surface area contributed by atoms with Crippen LogP contribution in [-0.2, 0) is 6.54 Å². The van der Waals surface area contributed by atoms with E-state index in [1.165, 1.54) is 0 Å². The third-order valence-electron chi connectivity index (χ3n) is 4.88. The number of nitrogens with two attached hydrogens (primary N) is 1. The largest absolute Gasteiger partial charge is 0.491 e. The molecular weight excluding hydrogens is 382 g/mol. The number of aryl methyl sites for hydroxylation is 1. The Balaban J connectivity index is 1.51. The molecule has 152 valence electrons. The molecule has 1 aromatic carbocycles. The molecule has 28 heavy (non-hydrogen) atoms. The minimum absolute atomic E-state index is 0.0240. The lowest BCUT2D eigenvalue weighted by molar-refractivity contribution is 0.0996. The Hall–Kier alpha value is -2.29. The van der Waals surface area contributed by atoms with Gasteiger partial charge in [-0.1, -0.05) is 11.6 Å². The lowest BCUT2D eigenvalue weighted by atomic mass is 10.2. The standard InChI is InChI=1S/C19H26ClN5O3/c1-14-22-17(19(21)27)13-25(14)9-6-23-4-7-24(8-5-23)18-3-2-15(12-16(18)20)28-11-10-26/h2-3,12-13,26H,4-11H2,1H3,(H2,21,27).